The van der Waals surface area contributed by atoms with Gasteiger partial charge in [-0.1, -0.05) is 30.3 Å². The molecule has 1 aliphatic heterocycles. The van der Waals surface area contributed by atoms with Crippen molar-refractivity contribution in [1.29, 1.82) is 0 Å². The van der Waals surface area contributed by atoms with Gasteiger partial charge in [-0.25, -0.2) is 9.59 Å². The molecule has 0 bridgehead atoms. The zero-order valence-electron chi connectivity index (χ0n) is 23.3. The topological polar surface area (TPSA) is 125 Å². The molecule has 0 radical (unpaired) electrons. The summed E-state index contributed by atoms with van der Waals surface area (Å²) >= 11 is 0. The number of benzene rings is 1. The largest absolute Gasteiger partial charge is 0.481 e. The van der Waals surface area contributed by atoms with E-state index < -0.39 is 35.7 Å². The van der Waals surface area contributed by atoms with Crippen LogP contribution in [0.25, 0.3) is 0 Å². The second-order valence-corrected chi connectivity index (χ2v) is 11.0. The van der Waals surface area contributed by atoms with Crippen molar-refractivity contribution in [3.63, 3.8) is 0 Å². The highest BCUT2D eigenvalue weighted by molar-refractivity contribution is 5.86. The Hall–Kier alpha value is -3.30. The maximum atomic E-state index is 13.3. The molecule has 0 aliphatic carbocycles. The number of carbonyl (C=O) groups is 4. The van der Waals surface area contributed by atoms with Crippen LogP contribution in [0.2, 0.25) is 0 Å². The predicted octanol–water partition coefficient (Wildman–Crippen LogP) is 4.42. The lowest BCUT2D eigenvalue weighted by atomic mass is 9.97. The monoisotopic (exact) mass is 533 g/mol. The molecule has 1 saturated heterocycles. The van der Waals surface area contributed by atoms with E-state index in [1.54, 1.807) is 25.7 Å². The van der Waals surface area contributed by atoms with Gasteiger partial charge < -0.3 is 29.7 Å². The van der Waals surface area contributed by atoms with Crippen LogP contribution in [0, 0.1) is 5.92 Å². The number of piperidine rings is 1. The van der Waals surface area contributed by atoms with Crippen LogP contribution in [-0.2, 0) is 25.7 Å². The molecule has 38 heavy (non-hydrogen) atoms. The number of carboxylic acids is 1. The van der Waals surface area contributed by atoms with Crippen LogP contribution in [0.3, 0.4) is 0 Å². The first-order valence-electron chi connectivity index (χ1n) is 13.4. The van der Waals surface area contributed by atoms with Crippen molar-refractivity contribution in [2.24, 2.45) is 5.92 Å². The standard InChI is InChI=1S/C28H43N3O7/c1-20(2)31(27(36)37-19-21-12-7-6-8-13-21)17-10-9-15-23(29-26(35)38-28(3,4)5)24(32)30-16-11-14-22(18-30)25(33)34/h6-8,12-13,20,22-23H,9-11,14-19H2,1-5H3,(H,29,35)(H,33,34)/t22?,23-/m0/s1. The molecule has 10 heteroatoms. The lowest BCUT2D eigenvalue weighted by molar-refractivity contribution is -0.146. The minimum absolute atomic E-state index is 0.0723. The molecule has 10 nitrogen and oxygen atoms in total. The Balaban J connectivity index is 1.96. The van der Waals surface area contributed by atoms with Crippen molar-refractivity contribution in [3.05, 3.63) is 35.9 Å². The molecule has 1 unspecified atom stereocenters. The zero-order valence-corrected chi connectivity index (χ0v) is 23.3. The van der Waals surface area contributed by atoms with Crippen molar-refractivity contribution in [2.75, 3.05) is 19.6 Å². The van der Waals surface area contributed by atoms with Gasteiger partial charge in [0.1, 0.15) is 18.2 Å². The number of rotatable bonds is 11. The fourth-order valence-corrected chi connectivity index (χ4v) is 4.30. The van der Waals surface area contributed by atoms with Gasteiger partial charge in [0.25, 0.3) is 0 Å². The Morgan fingerprint density at radius 2 is 1.82 bits per heavy atom. The summed E-state index contributed by atoms with van der Waals surface area (Å²) in [6.07, 6.45) is 1.49. The number of ether oxygens (including phenoxy) is 2. The third-order valence-electron chi connectivity index (χ3n) is 6.28. The lowest BCUT2D eigenvalue weighted by Crippen LogP contribution is -2.52. The van der Waals surface area contributed by atoms with E-state index >= 15 is 0 Å². The van der Waals surface area contributed by atoms with Gasteiger partial charge in [0.05, 0.1) is 5.92 Å². The van der Waals surface area contributed by atoms with Gasteiger partial charge in [-0.15, -0.1) is 0 Å². The number of likely N-dealkylation sites (tertiary alicyclic amines) is 1. The molecule has 3 amide bonds. The summed E-state index contributed by atoms with van der Waals surface area (Å²) in [4.78, 5) is 53.1. The maximum Gasteiger partial charge on any atom is 0.410 e. The van der Waals surface area contributed by atoms with E-state index in [1.807, 2.05) is 44.2 Å². The molecule has 1 aromatic carbocycles. The van der Waals surface area contributed by atoms with Gasteiger partial charge in [0.15, 0.2) is 0 Å². The van der Waals surface area contributed by atoms with Crippen molar-refractivity contribution in [3.8, 4) is 0 Å². The number of nitrogens with one attached hydrogen (secondary N) is 1. The number of carbonyl (C=O) groups excluding carboxylic acids is 3. The van der Waals surface area contributed by atoms with Crippen molar-refractivity contribution in [1.82, 2.24) is 15.1 Å². The summed E-state index contributed by atoms with van der Waals surface area (Å²) in [6.45, 7) is 10.2. The van der Waals surface area contributed by atoms with Crippen molar-refractivity contribution < 1.29 is 33.8 Å². The molecule has 1 aromatic rings. The highest BCUT2D eigenvalue weighted by Gasteiger charge is 2.33. The van der Waals surface area contributed by atoms with Gasteiger partial charge in [-0.05, 0) is 72.3 Å². The Morgan fingerprint density at radius 1 is 1.13 bits per heavy atom. The Bertz CT molecular complexity index is 930. The number of hydrogen-bond donors (Lipinski definition) is 2. The molecule has 1 aliphatic rings. The first-order chi connectivity index (χ1) is 17.9. The normalized spacial score (nSPS) is 16.5. The number of aliphatic carboxylic acids is 1. The smallest absolute Gasteiger partial charge is 0.410 e. The van der Waals surface area contributed by atoms with E-state index in [2.05, 4.69) is 5.32 Å². The molecule has 2 atom stereocenters. The van der Waals surface area contributed by atoms with Gasteiger partial charge in [-0.2, -0.15) is 0 Å². The van der Waals surface area contributed by atoms with Crippen molar-refractivity contribution in [2.45, 2.75) is 91.0 Å². The molecule has 1 fully saturated rings. The zero-order chi connectivity index (χ0) is 28.3. The van der Waals surface area contributed by atoms with Gasteiger partial charge >= 0.3 is 18.2 Å². The first-order valence-corrected chi connectivity index (χ1v) is 13.4. The van der Waals surface area contributed by atoms with Crippen LogP contribution in [0.1, 0.15) is 72.3 Å². The summed E-state index contributed by atoms with van der Waals surface area (Å²) in [5.41, 5.74) is 0.178. The van der Waals surface area contributed by atoms with E-state index in [9.17, 15) is 24.3 Å². The number of carboxylic acid groups (broad SMARTS) is 1. The molecule has 2 rings (SSSR count). The van der Waals surface area contributed by atoms with Crippen LogP contribution in [0.4, 0.5) is 9.59 Å². The average molecular weight is 534 g/mol. The molecule has 0 spiro atoms. The van der Waals surface area contributed by atoms with Crippen LogP contribution in [0.5, 0.6) is 0 Å². The second-order valence-electron chi connectivity index (χ2n) is 11.0. The summed E-state index contributed by atoms with van der Waals surface area (Å²) in [5.74, 6) is -1.85. The Labute approximate surface area is 225 Å². The molecule has 212 valence electrons. The van der Waals surface area contributed by atoms with Crippen LogP contribution in [0.15, 0.2) is 30.3 Å². The quantitative estimate of drug-likeness (QED) is 0.403. The summed E-state index contributed by atoms with van der Waals surface area (Å²) in [5, 5.41) is 12.1. The highest BCUT2D eigenvalue weighted by atomic mass is 16.6. The highest BCUT2D eigenvalue weighted by Crippen LogP contribution is 2.19. The summed E-state index contributed by atoms with van der Waals surface area (Å²) in [7, 11) is 0. The van der Waals surface area contributed by atoms with Crippen LogP contribution >= 0.6 is 0 Å². The van der Waals surface area contributed by atoms with Crippen LogP contribution in [-0.4, -0.2) is 76.3 Å². The third-order valence-corrected chi connectivity index (χ3v) is 6.28. The summed E-state index contributed by atoms with van der Waals surface area (Å²) < 4.78 is 10.8. The molecular weight excluding hydrogens is 490 g/mol. The van der Waals surface area contributed by atoms with E-state index in [0.717, 1.165) is 5.56 Å². The fourth-order valence-electron chi connectivity index (χ4n) is 4.30. The number of unbranched alkanes of at least 4 members (excludes halogenated alkanes) is 1. The van der Waals surface area contributed by atoms with E-state index in [0.29, 0.717) is 45.2 Å². The average Bonchev–Trinajstić information content (AvgIpc) is 2.85. The van der Waals surface area contributed by atoms with Crippen LogP contribution < -0.4 is 5.32 Å². The lowest BCUT2D eigenvalue weighted by Gasteiger charge is -2.34. The van der Waals surface area contributed by atoms with E-state index in [4.69, 9.17) is 9.47 Å². The Kier molecular flexibility index (Phi) is 11.9. The third kappa shape index (κ3) is 10.6. The minimum atomic E-state index is -0.924. The number of hydrogen-bond acceptors (Lipinski definition) is 6. The fraction of sp³-hybridized carbons (Fsp3) is 0.643. The molecule has 1 heterocycles. The molecule has 0 saturated carbocycles. The van der Waals surface area contributed by atoms with E-state index in [1.165, 1.54) is 4.90 Å². The minimum Gasteiger partial charge on any atom is -0.481 e. The number of amides is 3. The number of nitrogens with zero attached hydrogens (tertiary/aromatic N) is 2. The second kappa shape index (κ2) is 14.6. The molecule has 0 aromatic heterocycles. The van der Waals surface area contributed by atoms with Gasteiger partial charge in [-0.3, -0.25) is 9.59 Å². The van der Waals surface area contributed by atoms with Crippen molar-refractivity contribution >= 4 is 24.1 Å². The first kappa shape index (κ1) is 30.9. The maximum absolute atomic E-state index is 13.3. The van der Waals surface area contributed by atoms with Gasteiger partial charge in [0, 0.05) is 25.7 Å². The molecule has 2 N–H and O–H groups in total. The predicted molar refractivity (Wildman–Crippen MR) is 142 cm³/mol. The summed E-state index contributed by atoms with van der Waals surface area (Å²) in [6, 6.07) is 8.53. The van der Waals surface area contributed by atoms with Gasteiger partial charge in [0.2, 0.25) is 5.91 Å². The molecular formula is C28H43N3O7. The number of alkyl carbamates (subject to hydrolysis) is 1. The van der Waals surface area contributed by atoms with E-state index in [-0.39, 0.29) is 25.1 Å². The SMILES string of the molecule is CC(C)N(CCCC[C@H](NC(=O)OC(C)(C)C)C(=O)N1CCCC(C(=O)O)C1)C(=O)OCc1ccccc1. The Morgan fingerprint density at radius 3 is 2.42 bits per heavy atom.